The van der Waals surface area contributed by atoms with E-state index in [1.54, 1.807) is 29.2 Å². The van der Waals surface area contributed by atoms with Crippen molar-refractivity contribution in [2.24, 2.45) is 0 Å². The van der Waals surface area contributed by atoms with Gasteiger partial charge in [0.2, 0.25) is 5.91 Å². The van der Waals surface area contributed by atoms with Crippen molar-refractivity contribution < 1.29 is 4.79 Å². The number of carbonyl (C=O) groups excluding carboxylic acids is 1. The zero-order valence-electron chi connectivity index (χ0n) is 11.9. The lowest BCUT2D eigenvalue weighted by Gasteiger charge is -2.12. The molecule has 0 fully saturated rings. The van der Waals surface area contributed by atoms with Crippen molar-refractivity contribution in [1.82, 2.24) is 9.78 Å². The summed E-state index contributed by atoms with van der Waals surface area (Å²) in [5, 5.41) is 6.64. The van der Waals surface area contributed by atoms with Gasteiger partial charge in [-0.1, -0.05) is 6.07 Å². The zero-order chi connectivity index (χ0) is 15.4. The molecule has 0 radical (unpaired) electrons. The van der Waals surface area contributed by atoms with Crippen LogP contribution >= 0.6 is 0 Å². The summed E-state index contributed by atoms with van der Waals surface area (Å²) in [5.41, 5.74) is 7.13. The Morgan fingerprint density at radius 3 is 2.76 bits per heavy atom. The average molecular weight is 287 g/mol. The van der Waals surface area contributed by atoms with Gasteiger partial charge in [0.05, 0.1) is 11.9 Å². The van der Waals surface area contributed by atoms with Gasteiger partial charge in [-0.3, -0.25) is 9.59 Å². The minimum atomic E-state index is -0.340. The van der Waals surface area contributed by atoms with Gasteiger partial charge >= 0.3 is 0 Å². The van der Waals surface area contributed by atoms with E-state index in [-0.39, 0.29) is 18.0 Å². The Bertz CT molecular complexity index is 709. The molecule has 7 heteroatoms. The standard InChI is InChI=1S/C14H17N5O2/c1-18(2)12-7-14(21)19(16-8-12)9-13(20)17-11-5-3-4-10(15)6-11/h3-8H,9,15H2,1-2H3,(H,17,20). The van der Waals surface area contributed by atoms with Gasteiger partial charge in [0.1, 0.15) is 6.54 Å². The van der Waals surface area contributed by atoms with Gasteiger partial charge in [0, 0.05) is 31.5 Å². The van der Waals surface area contributed by atoms with Crippen LogP contribution in [0.4, 0.5) is 17.1 Å². The third-order valence-corrected chi connectivity index (χ3v) is 2.84. The zero-order valence-corrected chi connectivity index (χ0v) is 11.9. The van der Waals surface area contributed by atoms with Crippen molar-refractivity contribution in [2.75, 3.05) is 30.0 Å². The highest BCUT2D eigenvalue weighted by atomic mass is 16.2. The third-order valence-electron chi connectivity index (χ3n) is 2.84. The number of aromatic nitrogens is 2. The molecule has 3 N–H and O–H groups in total. The normalized spacial score (nSPS) is 10.2. The lowest BCUT2D eigenvalue weighted by atomic mass is 10.3. The Kier molecular flexibility index (Phi) is 4.22. The number of benzene rings is 1. The molecule has 0 unspecified atom stereocenters. The number of amides is 1. The summed E-state index contributed by atoms with van der Waals surface area (Å²) in [6.45, 7) is -0.151. The molecule has 1 heterocycles. The number of nitrogen functional groups attached to an aromatic ring is 1. The number of nitrogens with two attached hydrogens (primary N) is 1. The minimum Gasteiger partial charge on any atom is -0.399 e. The van der Waals surface area contributed by atoms with Gasteiger partial charge in [0.15, 0.2) is 0 Å². The minimum absolute atomic E-state index is 0.151. The van der Waals surface area contributed by atoms with Crippen molar-refractivity contribution in [2.45, 2.75) is 6.54 Å². The third kappa shape index (κ3) is 3.82. The van der Waals surface area contributed by atoms with E-state index in [1.807, 2.05) is 14.1 Å². The van der Waals surface area contributed by atoms with Crippen molar-refractivity contribution in [3.8, 4) is 0 Å². The molecule has 0 spiro atoms. The monoisotopic (exact) mass is 287 g/mol. The predicted molar refractivity (Wildman–Crippen MR) is 82.3 cm³/mol. The Morgan fingerprint density at radius 2 is 2.14 bits per heavy atom. The summed E-state index contributed by atoms with van der Waals surface area (Å²) in [4.78, 5) is 25.5. The fraction of sp³-hybridized carbons (Fsp3) is 0.214. The lowest BCUT2D eigenvalue weighted by molar-refractivity contribution is -0.117. The molecular weight excluding hydrogens is 270 g/mol. The van der Waals surface area contributed by atoms with Crippen LogP contribution in [0.3, 0.4) is 0 Å². The number of anilines is 3. The van der Waals surface area contributed by atoms with Gasteiger partial charge < -0.3 is 16.0 Å². The van der Waals surface area contributed by atoms with E-state index in [0.29, 0.717) is 17.1 Å². The highest BCUT2D eigenvalue weighted by molar-refractivity contribution is 5.90. The Hall–Kier alpha value is -2.83. The number of rotatable bonds is 4. The molecule has 0 atom stereocenters. The summed E-state index contributed by atoms with van der Waals surface area (Å²) in [6.07, 6.45) is 1.54. The molecule has 1 amide bonds. The molecule has 0 saturated heterocycles. The smallest absolute Gasteiger partial charge is 0.269 e. The first kappa shape index (κ1) is 14.6. The molecule has 1 aromatic carbocycles. The average Bonchev–Trinajstić information content (AvgIpc) is 2.40. The Labute approximate surface area is 122 Å². The summed E-state index contributed by atoms with van der Waals surface area (Å²) in [5.74, 6) is -0.340. The lowest BCUT2D eigenvalue weighted by Crippen LogP contribution is -2.30. The number of hydrogen-bond acceptors (Lipinski definition) is 5. The van der Waals surface area contributed by atoms with E-state index >= 15 is 0 Å². The van der Waals surface area contributed by atoms with Gasteiger partial charge in [-0.2, -0.15) is 5.10 Å². The van der Waals surface area contributed by atoms with Crippen LogP contribution < -0.4 is 21.5 Å². The molecule has 0 bridgehead atoms. The molecule has 110 valence electrons. The molecule has 0 saturated carbocycles. The van der Waals surface area contributed by atoms with E-state index in [2.05, 4.69) is 10.4 Å². The van der Waals surface area contributed by atoms with Crippen LogP contribution in [-0.2, 0) is 11.3 Å². The molecule has 0 aliphatic rings. The topological polar surface area (TPSA) is 93.2 Å². The quantitative estimate of drug-likeness (QED) is 0.800. The second kappa shape index (κ2) is 6.08. The molecule has 0 aliphatic heterocycles. The van der Waals surface area contributed by atoms with Crippen LogP contribution in [0.5, 0.6) is 0 Å². The van der Waals surface area contributed by atoms with Crippen LogP contribution in [0.25, 0.3) is 0 Å². The Balaban J connectivity index is 2.08. The van der Waals surface area contributed by atoms with E-state index < -0.39 is 0 Å². The molecular formula is C14H17N5O2. The van der Waals surface area contributed by atoms with Crippen LogP contribution in [0.2, 0.25) is 0 Å². The maximum atomic E-state index is 11.9. The first-order valence-electron chi connectivity index (χ1n) is 6.35. The van der Waals surface area contributed by atoms with E-state index in [9.17, 15) is 9.59 Å². The van der Waals surface area contributed by atoms with Gasteiger partial charge in [0.25, 0.3) is 5.56 Å². The van der Waals surface area contributed by atoms with E-state index in [1.165, 1.54) is 12.3 Å². The fourth-order valence-electron chi connectivity index (χ4n) is 1.74. The largest absolute Gasteiger partial charge is 0.399 e. The van der Waals surface area contributed by atoms with Crippen molar-refractivity contribution in [3.05, 3.63) is 46.9 Å². The maximum Gasteiger partial charge on any atom is 0.269 e. The molecule has 21 heavy (non-hydrogen) atoms. The first-order chi connectivity index (χ1) is 9.95. The molecule has 7 nitrogen and oxygen atoms in total. The molecule has 0 aliphatic carbocycles. The van der Waals surface area contributed by atoms with Crippen LogP contribution in [0, 0.1) is 0 Å². The predicted octanol–water partition coefficient (Wildman–Crippen LogP) is 0.530. The second-order valence-electron chi connectivity index (χ2n) is 4.78. The number of nitrogens with one attached hydrogen (secondary N) is 1. The maximum absolute atomic E-state index is 11.9. The number of nitrogens with zero attached hydrogens (tertiary/aromatic N) is 3. The highest BCUT2D eigenvalue weighted by Crippen LogP contribution is 2.11. The van der Waals surface area contributed by atoms with Crippen molar-refractivity contribution >= 4 is 23.0 Å². The van der Waals surface area contributed by atoms with Crippen LogP contribution in [0.15, 0.2) is 41.3 Å². The van der Waals surface area contributed by atoms with E-state index in [0.717, 1.165) is 4.68 Å². The number of hydrogen-bond donors (Lipinski definition) is 2. The molecule has 2 aromatic rings. The highest BCUT2D eigenvalue weighted by Gasteiger charge is 2.07. The van der Waals surface area contributed by atoms with Gasteiger partial charge in [-0.25, -0.2) is 4.68 Å². The molecule has 1 aromatic heterocycles. The SMILES string of the molecule is CN(C)c1cnn(CC(=O)Nc2cccc(N)c2)c(=O)c1. The summed E-state index contributed by atoms with van der Waals surface area (Å²) in [7, 11) is 3.63. The van der Waals surface area contributed by atoms with Gasteiger partial charge in [-0.15, -0.1) is 0 Å². The van der Waals surface area contributed by atoms with Crippen molar-refractivity contribution in [1.29, 1.82) is 0 Å². The summed E-state index contributed by atoms with van der Waals surface area (Å²) < 4.78 is 1.11. The van der Waals surface area contributed by atoms with E-state index in [4.69, 9.17) is 5.73 Å². The van der Waals surface area contributed by atoms with Crippen molar-refractivity contribution in [3.63, 3.8) is 0 Å². The van der Waals surface area contributed by atoms with Gasteiger partial charge in [-0.05, 0) is 18.2 Å². The number of carbonyl (C=O) groups is 1. The molecule has 2 rings (SSSR count). The Morgan fingerprint density at radius 1 is 1.38 bits per heavy atom. The summed E-state index contributed by atoms with van der Waals surface area (Å²) >= 11 is 0. The second-order valence-corrected chi connectivity index (χ2v) is 4.78. The summed E-state index contributed by atoms with van der Waals surface area (Å²) in [6, 6.07) is 8.26. The van der Waals surface area contributed by atoms with Crippen LogP contribution in [0.1, 0.15) is 0 Å². The first-order valence-corrected chi connectivity index (χ1v) is 6.35. The fourth-order valence-corrected chi connectivity index (χ4v) is 1.74. The van der Waals surface area contributed by atoms with Crippen LogP contribution in [-0.4, -0.2) is 29.8 Å².